The molecule has 0 radical (unpaired) electrons. The third kappa shape index (κ3) is 4.30. The third-order valence-electron chi connectivity index (χ3n) is 9.26. The van der Waals surface area contributed by atoms with E-state index in [4.69, 9.17) is 4.74 Å². The molecule has 4 saturated carbocycles. The van der Waals surface area contributed by atoms with Gasteiger partial charge in [-0.15, -0.1) is 0 Å². The second kappa shape index (κ2) is 9.52. The molecule has 3 nitrogen and oxygen atoms in total. The molecule has 4 aliphatic rings. The molecule has 4 aliphatic carbocycles. The molecule has 0 unspecified atom stereocenters. The lowest BCUT2D eigenvalue weighted by Crippen LogP contribution is -2.48. The highest BCUT2D eigenvalue weighted by molar-refractivity contribution is 5.92. The number of esters is 2. The molecular weight excluding hydrogens is 360 g/mol. The van der Waals surface area contributed by atoms with Crippen molar-refractivity contribution in [1.82, 2.24) is 0 Å². The van der Waals surface area contributed by atoms with E-state index in [1.165, 1.54) is 51.4 Å². The molecule has 0 N–H and O–H groups in total. The summed E-state index contributed by atoms with van der Waals surface area (Å²) in [5.74, 6) is 0.618. The van der Waals surface area contributed by atoms with Gasteiger partial charge in [-0.2, -0.15) is 0 Å². The molecule has 0 spiro atoms. The monoisotopic (exact) mass is 402 g/mol. The average Bonchev–Trinajstić information content (AvgIpc) is 2.81. The summed E-state index contributed by atoms with van der Waals surface area (Å²) in [6.07, 6.45) is 22.8. The van der Waals surface area contributed by atoms with E-state index in [0.717, 1.165) is 77.0 Å². The zero-order chi connectivity index (χ0) is 20.2. The molecule has 4 rings (SSSR count). The number of rotatable bonds is 4. The van der Waals surface area contributed by atoms with Crippen LogP contribution in [0.5, 0.6) is 0 Å². The van der Waals surface area contributed by atoms with Crippen LogP contribution in [0.3, 0.4) is 0 Å². The standard InChI is InChI=1S/C26H42O3/c27-23(25(17-9-3-10-18-25)21-13-5-1-6-14-21)29-24(28)26(19-11-4-12-20-26)22-15-7-2-8-16-22/h21-22H,1-20H2. The van der Waals surface area contributed by atoms with Gasteiger partial charge in [0.25, 0.3) is 0 Å². The summed E-state index contributed by atoms with van der Waals surface area (Å²) < 4.78 is 5.96. The molecule has 0 bridgehead atoms. The van der Waals surface area contributed by atoms with Crippen molar-refractivity contribution in [2.75, 3.05) is 0 Å². The van der Waals surface area contributed by atoms with Crippen LogP contribution < -0.4 is 0 Å². The van der Waals surface area contributed by atoms with Crippen molar-refractivity contribution in [1.29, 1.82) is 0 Å². The van der Waals surface area contributed by atoms with Crippen molar-refractivity contribution in [2.45, 2.75) is 128 Å². The highest BCUT2D eigenvalue weighted by Crippen LogP contribution is 2.52. The molecule has 0 amide bonds. The Morgan fingerprint density at radius 1 is 0.483 bits per heavy atom. The van der Waals surface area contributed by atoms with Gasteiger partial charge in [-0.1, -0.05) is 77.0 Å². The normalized spacial score (nSPS) is 28.6. The van der Waals surface area contributed by atoms with E-state index in [-0.39, 0.29) is 22.8 Å². The summed E-state index contributed by atoms with van der Waals surface area (Å²) in [6, 6.07) is 0. The quantitative estimate of drug-likeness (QED) is 0.371. The maximum atomic E-state index is 13.7. The Morgan fingerprint density at radius 2 is 0.793 bits per heavy atom. The molecule has 0 aliphatic heterocycles. The first-order valence-corrected chi connectivity index (χ1v) is 12.9. The highest BCUT2D eigenvalue weighted by atomic mass is 16.6. The maximum absolute atomic E-state index is 13.7. The van der Waals surface area contributed by atoms with Gasteiger partial charge in [0.1, 0.15) is 0 Å². The lowest BCUT2D eigenvalue weighted by molar-refractivity contribution is -0.183. The molecule has 0 aromatic rings. The van der Waals surface area contributed by atoms with E-state index < -0.39 is 0 Å². The fourth-order valence-corrected chi connectivity index (χ4v) is 7.52. The van der Waals surface area contributed by atoms with Crippen LogP contribution in [0.25, 0.3) is 0 Å². The van der Waals surface area contributed by atoms with Crippen LogP contribution in [0.2, 0.25) is 0 Å². The molecule has 4 fully saturated rings. The van der Waals surface area contributed by atoms with Crippen LogP contribution in [0.15, 0.2) is 0 Å². The Morgan fingerprint density at radius 3 is 1.14 bits per heavy atom. The minimum Gasteiger partial charge on any atom is -0.392 e. The first kappa shape index (κ1) is 21.4. The van der Waals surface area contributed by atoms with E-state index in [1.54, 1.807) is 0 Å². The molecule has 29 heavy (non-hydrogen) atoms. The van der Waals surface area contributed by atoms with Crippen LogP contribution >= 0.6 is 0 Å². The minimum atomic E-state index is -0.364. The lowest BCUT2D eigenvalue weighted by Gasteiger charge is -2.45. The van der Waals surface area contributed by atoms with E-state index >= 15 is 0 Å². The molecule has 0 saturated heterocycles. The largest absolute Gasteiger partial charge is 0.392 e. The maximum Gasteiger partial charge on any atom is 0.320 e. The van der Waals surface area contributed by atoms with Gasteiger partial charge < -0.3 is 4.74 Å². The fourth-order valence-electron chi connectivity index (χ4n) is 7.52. The average molecular weight is 403 g/mol. The summed E-state index contributed by atoms with van der Waals surface area (Å²) >= 11 is 0. The lowest BCUT2D eigenvalue weighted by atomic mass is 9.61. The number of carbonyl (C=O) groups excluding carboxylic acids is 2. The van der Waals surface area contributed by atoms with Crippen molar-refractivity contribution >= 4 is 11.9 Å². The molecule has 164 valence electrons. The number of carbonyl (C=O) groups is 2. The summed E-state index contributed by atoms with van der Waals surface area (Å²) in [5, 5.41) is 0. The van der Waals surface area contributed by atoms with Crippen molar-refractivity contribution in [3.05, 3.63) is 0 Å². The first-order chi connectivity index (χ1) is 14.2. The summed E-state index contributed by atoms with van der Waals surface area (Å²) in [5.41, 5.74) is -0.729. The van der Waals surface area contributed by atoms with Gasteiger partial charge >= 0.3 is 11.9 Å². The highest BCUT2D eigenvalue weighted by Gasteiger charge is 2.52. The molecule has 0 aromatic carbocycles. The van der Waals surface area contributed by atoms with E-state index in [2.05, 4.69) is 0 Å². The molecule has 0 aromatic heterocycles. The second-order valence-corrected chi connectivity index (χ2v) is 10.8. The molecular formula is C26H42O3. The Balaban J connectivity index is 1.53. The smallest absolute Gasteiger partial charge is 0.320 e. The number of ether oxygens (including phenoxy) is 1. The number of hydrogen-bond acceptors (Lipinski definition) is 3. The van der Waals surface area contributed by atoms with Crippen LogP contribution in [-0.4, -0.2) is 11.9 Å². The summed E-state index contributed by atoms with van der Waals surface area (Å²) in [4.78, 5) is 27.3. The van der Waals surface area contributed by atoms with E-state index in [0.29, 0.717) is 11.8 Å². The molecule has 0 atom stereocenters. The Kier molecular flexibility index (Phi) is 7.02. The minimum absolute atomic E-state index is 0.130. The fraction of sp³-hybridized carbons (Fsp3) is 0.923. The Hall–Kier alpha value is -0.860. The van der Waals surface area contributed by atoms with Crippen LogP contribution in [-0.2, 0) is 14.3 Å². The second-order valence-electron chi connectivity index (χ2n) is 10.8. The predicted molar refractivity (Wildman–Crippen MR) is 115 cm³/mol. The van der Waals surface area contributed by atoms with Crippen molar-refractivity contribution in [2.24, 2.45) is 22.7 Å². The predicted octanol–water partition coefficient (Wildman–Crippen LogP) is 7.12. The van der Waals surface area contributed by atoms with Gasteiger partial charge in [0.05, 0.1) is 10.8 Å². The van der Waals surface area contributed by atoms with Crippen LogP contribution in [0.1, 0.15) is 128 Å². The molecule has 3 heteroatoms. The zero-order valence-electron chi connectivity index (χ0n) is 18.5. The molecule has 0 heterocycles. The summed E-state index contributed by atoms with van der Waals surface area (Å²) in [7, 11) is 0. The van der Waals surface area contributed by atoms with Crippen LogP contribution in [0.4, 0.5) is 0 Å². The third-order valence-corrected chi connectivity index (χ3v) is 9.26. The van der Waals surface area contributed by atoms with Crippen molar-refractivity contribution in [3.63, 3.8) is 0 Å². The van der Waals surface area contributed by atoms with Crippen molar-refractivity contribution in [3.8, 4) is 0 Å². The number of hydrogen-bond donors (Lipinski definition) is 0. The summed E-state index contributed by atoms with van der Waals surface area (Å²) in [6.45, 7) is 0. The van der Waals surface area contributed by atoms with Gasteiger partial charge in [-0.25, -0.2) is 0 Å². The Labute approximate surface area is 177 Å². The van der Waals surface area contributed by atoms with E-state index in [1.807, 2.05) is 0 Å². The first-order valence-electron chi connectivity index (χ1n) is 12.9. The van der Waals surface area contributed by atoms with Gasteiger partial charge in [-0.05, 0) is 63.2 Å². The SMILES string of the molecule is O=C(OC(=O)C1(C2CCCCC2)CCCCC1)C1(C2CCCCC2)CCCCC1. The van der Waals surface area contributed by atoms with Gasteiger partial charge in [0.15, 0.2) is 0 Å². The van der Waals surface area contributed by atoms with Crippen molar-refractivity contribution < 1.29 is 14.3 Å². The van der Waals surface area contributed by atoms with Crippen LogP contribution in [0, 0.1) is 22.7 Å². The van der Waals surface area contributed by atoms with Gasteiger partial charge in [0, 0.05) is 0 Å². The van der Waals surface area contributed by atoms with Gasteiger partial charge in [0.2, 0.25) is 0 Å². The Bertz CT molecular complexity index is 507. The van der Waals surface area contributed by atoms with Gasteiger partial charge in [-0.3, -0.25) is 9.59 Å². The topological polar surface area (TPSA) is 43.4 Å². The van der Waals surface area contributed by atoms with E-state index in [9.17, 15) is 9.59 Å². The zero-order valence-corrected chi connectivity index (χ0v) is 18.5.